The first-order valence-electron chi connectivity index (χ1n) is 12.5. The van der Waals surface area contributed by atoms with Crippen molar-refractivity contribution in [1.82, 2.24) is 20.0 Å². The Morgan fingerprint density at radius 2 is 1.71 bits per heavy atom. The van der Waals surface area contributed by atoms with Crippen LogP contribution in [-0.4, -0.2) is 63.4 Å². The number of piperidine rings is 2. The first-order valence-corrected chi connectivity index (χ1v) is 12.5. The third kappa shape index (κ3) is 4.87. The second-order valence-electron chi connectivity index (χ2n) is 9.71. The second kappa shape index (κ2) is 10.0. The van der Waals surface area contributed by atoms with E-state index in [0.717, 1.165) is 36.3 Å². The molecule has 0 bridgehead atoms. The van der Waals surface area contributed by atoms with Gasteiger partial charge in [-0.15, -0.1) is 0 Å². The summed E-state index contributed by atoms with van der Waals surface area (Å²) in [4.78, 5) is 17.4. The van der Waals surface area contributed by atoms with E-state index in [1.807, 2.05) is 28.0 Å². The first kappa shape index (κ1) is 22.7. The normalized spacial score (nSPS) is 21.6. The van der Waals surface area contributed by atoms with Crippen LogP contribution in [0.2, 0.25) is 0 Å². The summed E-state index contributed by atoms with van der Waals surface area (Å²) >= 11 is 0. The third-order valence-electron chi connectivity index (χ3n) is 7.42. The number of aromatic amines is 1. The van der Waals surface area contributed by atoms with Crippen LogP contribution in [0.5, 0.6) is 0 Å². The van der Waals surface area contributed by atoms with Gasteiger partial charge in [0.05, 0.1) is 11.8 Å². The molecular weight excluding hydrogens is 424 g/mol. The zero-order valence-corrected chi connectivity index (χ0v) is 19.9. The summed E-state index contributed by atoms with van der Waals surface area (Å²) in [5, 5.41) is 17.7. The molecule has 0 spiro atoms. The van der Waals surface area contributed by atoms with Crippen LogP contribution in [0.4, 0.5) is 4.79 Å². The van der Waals surface area contributed by atoms with Gasteiger partial charge < -0.3 is 14.9 Å². The van der Waals surface area contributed by atoms with Crippen molar-refractivity contribution in [3.63, 3.8) is 0 Å². The van der Waals surface area contributed by atoms with Gasteiger partial charge in [0, 0.05) is 49.3 Å². The van der Waals surface area contributed by atoms with E-state index in [1.54, 1.807) is 0 Å². The molecule has 2 aromatic carbocycles. The lowest BCUT2D eigenvalue weighted by Gasteiger charge is -2.41. The molecule has 2 unspecified atom stereocenters. The number of amides is 2. The lowest BCUT2D eigenvalue weighted by atomic mass is 9.82. The molecule has 1 aromatic heterocycles. The standard InChI is InChI=1S/C28H34N4O2/c1-2-20-8-10-21(11-9-20)23-16-24(27-17-26(29-30-27)22-6-4-3-5-7-22)19-32(18-23)28(34)31-14-12-25(33)13-15-31/h3-11,17,23-25,33H,2,12-16,18-19H2,1H3,(H,29,30). The van der Waals surface area contributed by atoms with Gasteiger partial charge in [-0.05, 0) is 42.9 Å². The van der Waals surface area contributed by atoms with E-state index in [-0.39, 0.29) is 24.0 Å². The molecule has 34 heavy (non-hydrogen) atoms. The number of H-pyrrole nitrogens is 1. The zero-order valence-electron chi connectivity index (χ0n) is 19.9. The van der Waals surface area contributed by atoms with Gasteiger partial charge in [-0.25, -0.2) is 4.79 Å². The molecule has 2 fully saturated rings. The summed E-state index contributed by atoms with van der Waals surface area (Å²) < 4.78 is 0. The molecule has 2 N–H and O–H groups in total. The number of urea groups is 1. The maximum atomic E-state index is 13.5. The summed E-state index contributed by atoms with van der Waals surface area (Å²) in [6, 6.07) is 21.3. The Balaban J connectivity index is 1.40. The van der Waals surface area contributed by atoms with Crippen molar-refractivity contribution in [3.05, 3.63) is 77.5 Å². The number of hydrogen-bond donors (Lipinski definition) is 2. The lowest BCUT2D eigenvalue weighted by Crippen LogP contribution is -2.51. The molecular formula is C28H34N4O2. The highest BCUT2D eigenvalue weighted by atomic mass is 16.3. The zero-order chi connectivity index (χ0) is 23.5. The number of aromatic nitrogens is 2. The van der Waals surface area contributed by atoms with Gasteiger partial charge >= 0.3 is 6.03 Å². The summed E-state index contributed by atoms with van der Waals surface area (Å²) in [6.07, 6.45) is 3.03. The number of carbonyl (C=O) groups excluding carboxylic acids is 1. The monoisotopic (exact) mass is 458 g/mol. The summed E-state index contributed by atoms with van der Waals surface area (Å²) in [5.41, 5.74) is 5.73. The van der Waals surface area contributed by atoms with Crippen LogP contribution in [0, 0.1) is 0 Å². The number of nitrogens with zero attached hydrogens (tertiary/aromatic N) is 3. The highest BCUT2D eigenvalue weighted by Crippen LogP contribution is 2.37. The van der Waals surface area contributed by atoms with Gasteiger partial charge in [-0.1, -0.05) is 61.5 Å². The Hall–Kier alpha value is -3.12. The van der Waals surface area contributed by atoms with Crippen molar-refractivity contribution in [3.8, 4) is 11.3 Å². The van der Waals surface area contributed by atoms with Gasteiger partial charge in [0.1, 0.15) is 0 Å². The van der Waals surface area contributed by atoms with Crippen molar-refractivity contribution < 1.29 is 9.90 Å². The molecule has 6 nitrogen and oxygen atoms in total. The van der Waals surface area contributed by atoms with E-state index in [4.69, 9.17) is 0 Å². The Morgan fingerprint density at radius 1 is 1.00 bits per heavy atom. The number of aryl methyl sites for hydroxylation is 1. The quantitative estimate of drug-likeness (QED) is 0.591. The van der Waals surface area contributed by atoms with Gasteiger partial charge in [0.15, 0.2) is 0 Å². The van der Waals surface area contributed by atoms with Crippen molar-refractivity contribution in [2.24, 2.45) is 0 Å². The largest absolute Gasteiger partial charge is 0.393 e. The smallest absolute Gasteiger partial charge is 0.320 e. The van der Waals surface area contributed by atoms with E-state index in [2.05, 4.69) is 59.6 Å². The van der Waals surface area contributed by atoms with Gasteiger partial charge in [0.25, 0.3) is 0 Å². The molecule has 6 heteroatoms. The SMILES string of the molecule is CCc1ccc(C2CC(c3cc(-c4ccccc4)n[nH]3)CN(C(=O)N3CCC(O)CC3)C2)cc1. The minimum atomic E-state index is -0.288. The Bertz CT molecular complexity index is 1090. The van der Waals surface area contributed by atoms with Gasteiger partial charge in [-0.3, -0.25) is 5.10 Å². The number of benzene rings is 2. The molecule has 2 aliphatic rings. The van der Waals surface area contributed by atoms with E-state index in [0.29, 0.717) is 32.5 Å². The van der Waals surface area contributed by atoms with E-state index in [1.165, 1.54) is 11.1 Å². The fourth-order valence-electron chi connectivity index (χ4n) is 5.31. The Morgan fingerprint density at radius 3 is 2.41 bits per heavy atom. The molecule has 2 aliphatic heterocycles. The third-order valence-corrected chi connectivity index (χ3v) is 7.42. The minimum Gasteiger partial charge on any atom is -0.393 e. The molecule has 2 saturated heterocycles. The van der Waals surface area contributed by atoms with Crippen LogP contribution in [0.25, 0.3) is 11.3 Å². The van der Waals surface area contributed by atoms with Crippen molar-refractivity contribution in [1.29, 1.82) is 0 Å². The molecule has 0 aliphatic carbocycles. The molecule has 5 rings (SSSR count). The predicted molar refractivity (Wildman–Crippen MR) is 134 cm³/mol. The fraction of sp³-hybridized carbons (Fsp3) is 0.429. The van der Waals surface area contributed by atoms with Crippen LogP contribution in [0.3, 0.4) is 0 Å². The maximum Gasteiger partial charge on any atom is 0.320 e. The molecule has 2 atom stereocenters. The van der Waals surface area contributed by atoms with E-state index >= 15 is 0 Å². The average Bonchev–Trinajstić information content (AvgIpc) is 3.40. The minimum absolute atomic E-state index is 0.0922. The number of likely N-dealkylation sites (tertiary alicyclic amines) is 2. The average molecular weight is 459 g/mol. The highest BCUT2D eigenvalue weighted by molar-refractivity contribution is 5.75. The lowest BCUT2D eigenvalue weighted by molar-refractivity contribution is 0.0755. The number of rotatable bonds is 4. The number of aliphatic hydroxyl groups excluding tert-OH is 1. The summed E-state index contributed by atoms with van der Waals surface area (Å²) in [5.74, 6) is 0.460. The fourth-order valence-corrected chi connectivity index (χ4v) is 5.31. The second-order valence-corrected chi connectivity index (χ2v) is 9.71. The molecule has 0 radical (unpaired) electrons. The molecule has 178 valence electrons. The van der Waals surface area contributed by atoms with Crippen molar-refractivity contribution >= 4 is 6.03 Å². The number of carbonyl (C=O) groups is 1. The predicted octanol–water partition coefficient (Wildman–Crippen LogP) is 4.79. The maximum absolute atomic E-state index is 13.5. The summed E-state index contributed by atoms with van der Waals surface area (Å²) in [6.45, 7) is 4.82. The van der Waals surface area contributed by atoms with Crippen LogP contribution in [-0.2, 0) is 6.42 Å². The van der Waals surface area contributed by atoms with Crippen LogP contribution < -0.4 is 0 Å². The molecule has 3 aromatic rings. The van der Waals surface area contributed by atoms with Crippen molar-refractivity contribution in [2.45, 2.75) is 50.5 Å². The molecule has 0 saturated carbocycles. The molecule has 3 heterocycles. The van der Waals surface area contributed by atoms with Crippen LogP contribution >= 0.6 is 0 Å². The number of nitrogens with one attached hydrogen (secondary N) is 1. The topological polar surface area (TPSA) is 72.5 Å². The van der Waals surface area contributed by atoms with Gasteiger partial charge in [-0.2, -0.15) is 5.10 Å². The van der Waals surface area contributed by atoms with Crippen LogP contribution in [0.1, 0.15) is 54.8 Å². The Kier molecular flexibility index (Phi) is 6.68. The number of aliphatic hydroxyl groups is 1. The first-order chi connectivity index (χ1) is 16.6. The van der Waals surface area contributed by atoms with Gasteiger partial charge in [0.2, 0.25) is 0 Å². The van der Waals surface area contributed by atoms with Crippen molar-refractivity contribution in [2.75, 3.05) is 26.2 Å². The summed E-state index contributed by atoms with van der Waals surface area (Å²) in [7, 11) is 0. The van der Waals surface area contributed by atoms with E-state index < -0.39 is 0 Å². The van der Waals surface area contributed by atoms with E-state index in [9.17, 15) is 9.90 Å². The highest BCUT2D eigenvalue weighted by Gasteiger charge is 2.35. The van der Waals surface area contributed by atoms with Crippen LogP contribution in [0.15, 0.2) is 60.7 Å². The number of hydrogen-bond acceptors (Lipinski definition) is 3. The Labute approximate surface area is 201 Å². The molecule has 2 amide bonds.